The smallest absolute Gasteiger partial charge is 0.152 e. The van der Waals surface area contributed by atoms with Gasteiger partial charge >= 0.3 is 0 Å². The predicted molar refractivity (Wildman–Crippen MR) is 70.1 cm³/mol. The molecule has 0 unspecified atom stereocenters. The number of hydrogen-bond acceptors (Lipinski definition) is 4. The first-order chi connectivity index (χ1) is 8.22. The molecule has 0 atom stereocenters. The van der Waals surface area contributed by atoms with E-state index in [1.54, 1.807) is 13.0 Å². The van der Waals surface area contributed by atoms with Crippen LogP contribution in [0.25, 0.3) is 0 Å². The van der Waals surface area contributed by atoms with E-state index in [0.717, 1.165) is 32.2 Å². The lowest BCUT2D eigenvalue weighted by atomic mass is 10.2. The molecule has 0 heterocycles. The fraction of sp³-hybridized carbons (Fsp3) is 0.692. The number of allylic oxidation sites excluding steroid dienone is 2. The Bertz CT molecular complexity index is 237. The molecule has 0 rings (SSSR count). The van der Waals surface area contributed by atoms with E-state index in [9.17, 15) is 10.2 Å². The summed E-state index contributed by atoms with van der Waals surface area (Å²) >= 11 is 0. The lowest BCUT2D eigenvalue weighted by Gasteiger charge is -2.05. The molecule has 0 aromatic heterocycles. The van der Waals surface area contributed by atoms with Gasteiger partial charge in [-0.25, -0.2) is 0 Å². The molecular weight excluding hydrogens is 218 g/mol. The molecule has 100 valence electrons. The maximum absolute atomic E-state index is 9.43. The average molecular weight is 243 g/mol. The van der Waals surface area contributed by atoms with Crippen molar-refractivity contribution in [1.29, 1.82) is 0 Å². The van der Waals surface area contributed by atoms with Crippen LogP contribution in [-0.2, 0) is 0 Å². The van der Waals surface area contributed by atoms with Crippen molar-refractivity contribution in [3.63, 3.8) is 0 Å². The molecule has 0 bridgehead atoms. The molecular formula is C13H25NO3. The normalized spacial score (nSPS) is 13.1. The monoisotopic (exact) mass is 243 g/mol. The van der Waals surface area contributed by atoms with Gasteiger partial charge in [0.2, 0.25) is 0 Å². The van der Waals surface area contributed by atoms with E-state index < -0.39 is 0 Å². The fourth-order valence-electron chi connectivity index (χ4n) is 1.43. The van der Waals surface area contributed by atoms with Gasteiger partial charge in [-0.05, 0) is 32.4 Å². The van der Waals surface area contributed by atoms with Gasteiger partial charge in [-0.1, -0.05) is 18.9 Å². The second kappa shape index (κ2) is 11.5. The first-order valence-corrected chi connectivity index (χ1v) is 6.27. The molecule has 0 aliphatic carbocycles. The molecule has 4 nitrogen and oxygen atoms in total. The lowest BCUT2D eigenvalue weighted by molar-refractivity contribution is 0.282. The highest BCUT2D eigenvalue weighted by Crippen LogP contribution is 2.03. The summed E-state index contributed by atoms with van der Waals surface area (Å²) in [5.74, 6) is -0.0341. The van der Waals surface area contributed by atoms with Gasteiger partial charge in [-0.3, -0.25) is 0 Å². The van der Waals surface area contributed by atoms with Gasteiger partial charge in [-0.2, -0.15) is 0 Å². The standard InChI is InChI=1S/C13H25NO3/c1-2-7-12(16)13(17)8-10-14-9-5-3-4-6-11-15/h2,7,14-17H,3-6,8-11H2,1H3/b7-2-,13-12-. The van der Waals surface area contributed by atoms with Gasteiger partial charge in [-0.15, -0.1) is 0 Å². The van der Waals surface area contributed by atoms with Crippen molar-refractivity contribution < 1.29 is 15.3 Å². The highest BCUT2D eigenvalue weighted by molar-refractivity contribution is 5.13. The van der Waals surface area contributed by atoms with E-state index in [4.69, 9.17) is 5.11 Å². The number of rotatable bonds is 10. The van der Waals surface area contributed by atoms with Crippen LogP contribution in [0.1, 0.15) is 39.0 Å². The highest BCUT2D eigenvalue weighted by atomic mass is 16.3. The van der Waals surface area contributed by atoms with Crippen molar-refractivity contribution in [1.82, 2.24) is 5.32 Å². The number of nitrogens with one attached hydrogen (secondary N) is 1. The Morgan fingerprint density at radius 3 is 2.41 bits per heavy atom. The van der Waals surface area contributed by atoms with E-state index in [1.807, 2.05) is 0 Å². The third-order valence-corrected chi connectivity index (χ3v) is 2.42. The van der Waals surface area contributed by atoms with Crippen molar-refractivity contribution in [3.8, 4) is 0 Å². The topological polar surface area (TPSA) is 72.7 Å². The second-order valence-corrected chi connectivity index (χ2v) is 3.97. The van der Waals surface area contributed by atoms with Crippen LogP contribution in [0.3, 0.4) is 0 Å². The fourth-order valence-corrected chi connectivity index (χ4v) is 1.43. The zero-order valence-corrected chi connectivity index (χ0v) is 10.7. The number of unbranched alkanes of at least 4 members (excludes halogenated alkanes) is 3. The second-order valence-electron chi connectivity index (χ2n) is 3.97. The Kier molecular flexibility index (Phi) is 10.8. The molecule has 0 amide bonds. The molecule has 0 aromatic carbocycles. The largest absolute Gasteiger partial charge is 0.508 e. The minimum atomic E-state index is -0.0581. The summed E-state index contributed by atoms with van der Waals surface area (Å²) in [6.45, 7) is 3.63. The number of aliphatic hydroxyl groups excluding tert-OH is 3. The highest BCUT2D eigenvalue weighted by Gasteiger charge is 1.99. The van der Waals surface area contributed by atoms with Crippen LogP contribution in [-0.4, -0.2) is 35.0 Å². The molecule has 0 saturated carbocycles. The summed E-state index contributed by atoms with van der Waals surface area (Å²) in [6, 6.07) is 0. The summed E-state index contributed by atoms with van der Waals surface area (Å²) in [4.78, 5) is 0. The van der Waals surface area contributed by atoms with Crippen LogP contribution < -0.4 is 5.32 Å². The van der Waals surface area contributed by atoms with Gasteiger partial charge in [0.1, 0.15) is 5.76 Å². The quantitative estimate of drug-likeness (QED) is 0.270. The Labute approximate surface area is 104 Å². The number of hydrogen-bond donors (Lipinski definition) is 4. The SMILES string of the molecule is C/C=C\C(O)=C(\O)CCNCCCCCCO. The molecule has 0 spiro atoms. The van der Waals surface area contributed by atoms with E-state index in [2.05, 4.69) is 5.32 Å². The van der Waals surface area contributed by atoms with Crippen molar-refractivity contribution in [2.24, 2.45) is 0 Å². The summed E-state index contributed by atoms with van der Waals surface area (Å²) in [5.41, 5.74) is 0. The molecule has 4 N–H and O–H groups in total. The zero-order chi connectivity index (χ0) is 12.9. The van der Waals surface area contributed by atoms with E-state index in [-0.39, 0.29) is 18.1 Å². The molecule has 0 radical (unpaired) electrons. The van der Waals surface area contributed by atoms with Crippen LogP contribution in [0.15, 0.2) is 23.7 Å². The summed E-state index contributed by atoms with van der Waals surface area (Å²) in [5, 5.41) is 30.5. The third kappa shape index (κ3) is 9.90. The first-order valence-electron chi connectivity index (χ1n) is 6.27. The van der Waals surface area contributed by atoms with Crippen molar-refractivity contribution in [2.45, 2.75) is 39.0 Å². The van der Waals surface area contributed by atoms with E-state index in [0.29, 0.717) is 13.0 Å². The summed E-state index contributed by atoms with van der Waals surface area (Å²) < 4.78 is 0. The van der Waals surface area contributed by atoms with Crippen LogP contribution in [0, 0.1) is 0 Å². The van der Waals surface area contributed by atoms with Gasteiger partial charge in [0.25, 0.3) is 0 Å². The molecule has 0 fully saturated rings. The van der Waals surface area contributed by atoms with Crippen LogP contribution in [0.4, 0.5) is 0 Å². The lowest BCUT2D eigenvalue weighted by Crippen LogP contribution is -2.17. The predicted octanol–water partition coefficient (Wildman–Crippen LogP) is 2.42. The van der Waals surface area contributed by atoms with Crippen molar-refractivity contribution in [3.05, 3.63) is 23.7 Å². The Hall–Kier alpha value is -1.00. The molecule has 0 aromatic rings. The minimum Gasteiger partial charge on any atom is -0.508 e. The van der Waals surface area contributed by atoms with Crippen LogP contribution in [0.2, 0.25) is 0 Å². The van der Waals surface area contributed by atoms with Gasteiger partial charge < -0.3 is 20.6 Å². The molecule has 4 heteroatoms. The maximum Gasteiger partial charge on any atom is 0.152 e. The first kappa shape index (κ1) is 16.0. The Morgan fingerprint density at radius 1 is 1.06 bits per heavy atom. The van der Waals surface area contributed by atoms with Crippen LogP contribution >= 0.6 is 0 Å². The minimum absolute atomic E-state index is 0.0240. The van der Waals surface area contributed by atoms with Crippen molar-refractivity contribution >= 4 is 0 Å². The average Bonchev–Trinajstić information content (AvgIpc) is 2.32. The molecule has 0 aliphatic rings. The zero-order valence-electron chi connectivity index (χ0n) is 10.7. The maximum atomic E-state index is 9.43. The van der Waals surface area contributed by atoms with Gasteiger partial charge in [0, 0.05) is 19.6 Å². The molecule has 0 saturated heterocycles. The molecule has 0 aliphatic heterocycles. The van der Waals surface area contributed by atoms with Crippen molar-refractivity contribution in [2.75, 3.05) is 19.7 Å². The summed E-state index contributed by atoms with van der Waals surface area (Å²) in [7, 11) is 0. The molecule has 17 heavy (non-hydrogen) atoms. The Morgan fingerprint density at radius 2 is 1.76 bits per heavy atom. The number of aliphatic hydroxyl groups is 3. The third-order valence-electron chi connectivity index (χ3n) is 2.42. The summed E-state index contributed by atoms with van der Waals surface area (Å²) in [6.07, 6.45) is 7.72. The van der Waals surface area contributed by atoms with Crippen LogP contribution in [0.5, 0.6) is 0 Å². The van der Waals surface area contributed by atoms with E-state index in [1.165, 1.54) is 6.08 Å². The Balaban J connectivity index is 3.42. The van der Waals surface area contributed by atoms with Gasteiger partial charge in [0.05, 0.1) is 0 Å². The van der Waals surface area contributed by atoms with Gasteiger partial charge in [0.15, 0.2) is 5.76 Å². The van der Waals surface area contributed by atoms with E-state index >= 15 is 0 Å².